The molecule has 4 rings (SSSR count). The van der Waals surface area contributed by atoms with Gasteiger partial charge in [0, 0.05) is 29.7 Å². The van der Waals surface area contributed by atoms with Gasteiger partial charge in [-0.25, -0.2) is 4.79 Å². The number of para-hydroxylation sites is 1. The number of carboxylic acids is 1. The highest BCUT2D eigenvalue weighted by atomic mass is 16.4. The lowest BCUT2D eigenvalue weighted by atomic mass is 9.95. The lowest BCUT2D eigenvalue weighted by Crippen LogP contribution is -2.30. The Bertz CT molecular complexity index is 1150. The molecule has 3 N–H and O–H groups in total. The van der Waals surface area contributed by atoms with Crippen molar-refractivity contribution in [2.45, 2.75) is 6.42 Å². The van der Waals surface area contributed by atoms with Crippen LogP contribution in [0.4, 0.5) is 0 Å². The van der Waals surface area contributed by atoms with Gasteiger partial charge in [0.25, 0.3) is 5.91 Å². The first-order valence-corrected chi connectivity index (χ1v) is 7.88. The highest BCUT2D eigenvalue weighted by Crippen LogP contribution is 2.30. The number of carbonyl (C=O) groups excluding carboxylic acids is 1. The van der Waals surface area contributed by atoms with E-state index in [1.54, 1.807) is 36.6 Å². The van der Waals surface area contributed by atoms with Crippen molar-refractivity contribution in [2.75, 3.05) is 0 Å². The summed E-state index contributed by atoms with van der Waals surface area (Å²) in [5, 5.41) is 12.4. The van der Waals surface area contributed by atoms with Crippen molar-refractivity contribution in [3.8, 4) is 0 Å². The fraction of sp³-hybridized carbons (Fsp3) is 0.0526. The maximum absolute atomic E-state index is 12.6. The Kier molecular flexibility index (Phi) is 3.62. The van der Waals surface area contributed by atoms with Crippen LogP contribution in [0.1, 0.15) is 16.8 Å². The number of pyridine rings is 1. The molecule has 0 fully saturated rings. The molecular formula is C19H13N3O4. The minimum atomic E-state index is -1.13. The maximum atomic E-state index is 12.6. The van der Waals surface area contributed by atoms with E-state index in [0.717, 1.165) is 5.57 Å². The van der Waals surface area contributed by atoms with Gasteiger partial charge in [0.15, 0.2) is 0 Å². The van der Waals surface area contributed by atoms with Gasteiger partial charge in [-0.15, -0.1) is 0 Å². The molecule has 2 aromatic rings. The first kappa shape index (κ1) is 15.8. The Morgan fingerprint density at radius 3 is 2.85 bits per heavy atom. The van der Waals surface area contributed by atoms with Crippen molar-refractivity contribution < 1.29 is 14.7 Å². The second kappa shape index (κ2) is 5.96. The number of carboxylic acid groups (broad SMARTS) is 1. The molecule has 1 aromatic heterocycles. The smallest absolute Gasteiger partial charge is 0.334 e. The number of rotatable bonds is 3. The van der Waals surface area contributed by atoms with Crippen molar-refractivity contribution in [1.29, 1.82) is 0 Å². The Labute approximate surface area is 147 Å². The Morgan fingerprint density at radius 1 is 1.23 bits per heavy atom. The highest BCUT2D eigenvalue weighted by Gasteiger charge is 2.25. The number of aliphatic carboxylic acids is 1. The highest BCUT2D eigenvalue weighted by molar-refractivity contribution is 6.00. The molecule has 0 bridgehead atoms. The summed E-state index contributed by atoms with van der Waals surface area (Å²) in [6, 6.07) is 6.85. The molecule has 1 amide bonds. The molecule has 1 aromatic carbocycles. The zero-order chi connectivity index (χ0) is 18.3. The predicted octanol–water partition coefficient (Wildman–Crippen LogP) is 1.90. The summed E-state index contributed by atoms with van der Waals surface area (Å²) in [6.45, 7) is 0. The molecule has 7 heteroatoms. The molecule has 0 radical (unpaired) electrons. The van der Waals surface area contributed by atoms with Crippen LogP contribution in [0.5, 0.6) is 0 Å². The van der Waals surface area contributed by atoms with Crippen LogP contribution in [-0.4, -0.2) is 28.2 Å². The third kappa shape index (κ3) is 2.55. The van der Waals surface area contributed by atoms with E-state index in [-0.39, 0.29) is 23.3 Å². The van der Waals surface area contributed by atoms with Gasteiger partial charge in [0.2, 0.25) is 5.43 Å². The molecule has 128 valence electrons. The van der Waals surface area contributed by atoms with Crippen LogP contribution >= 0.6 is 0 Å². The Balaban J connectivity index is 1.73. The molecule has 0 saturated heterocycles. The third-order valence-corrected chi connectivity index (χ3v) is 4.33. The number of allylic oxidation sites excluding steroid dienone is 3. The zero-order valence-electron chi connectivity index (χ0n) is 13.4. The van der Waals surface area contributed by atoms with Crippen LogP contribution in [0.15, 0.2) is 74.9 Å². The lowest BCUT2D eigenvalue weighted by molar-refractivity contribution is -0.132. The van der Waals surface area contributed by atoms with Crippen molar-refractivity contribution in [3.05, 3.63) is 80.9 Å². The summed E-state index contributed by atoms with van der Waals surface area (Å²) in [5.74, 6) is -1.80. The van der Waals surface area contributed by atoms with Crippen LogP contribution in [-0.2, 0) is 4.79 Å². The number of fused-ring (bicyclic) bond motifs is 2. The summed E-state index contributed by atoms with van der Waals surface area (Å²) in [5.41, 5.74) is 1.70. The van der Waals surface area contributed by atoms with E-state index >= 15 is 0 Å². The number of nitrogens with one attached hydrogen (secondary N) is 2. The average Bonchev–Trinajstić information content (AvgIpc) is 3.08. The molecule has 1 aliphatic heterocycles. The topological polar surface area (TPSA) is 112 Å². The minimum Gasteiger partial charge on any atom is -0.478 e. The van der Waals surface area contributed by atoms with Gasteiger partial charge in [0.1, 0.15) is 5.56 Å². The summed E-state index contributed by atoms with van der Waals surface area (Å²) in [4.78, 5) is 43.7. The van der Waals surface area contributed by atoms with Gasteiger partial charge < -0.3 is 15.4 Å². The molecule has 0 spiro atoms. The summed E-state index contributed by atoms with van der Waals surface area (Å²) in [7, 11) is 0. The second-order valence-electron chi connectivity index (χ2n) is 5.90. The molecule has 26 heavy (non-hydrogen) atoms. The number of aromatic amines is 1. The largest absolute Gasteiger partial charge is 0.478 e. The van der Waals surface area contributed by atoms with Crippen molar-refractivity contribution in [3.63, 3.8) is 0 Å². The summed E-state index contributed by atoms with van der Waals surface area (Å²) in [6.07, 6.45) is 6.32. The molecule has 7 nitrogen and oxygen atoms in total. The van der Waals surface area contributed by atoms with Crippen LogP contribution in [0.25, 0.3) is 10.9 Å². The average molecular weight is 347 g/mol. The zero-order valence-corrected chi connectivity index (χ0v) is 13.4. The summed E-state index contributed by atoms with van der Waals surface area (Å²) < 4.78 is 0. The number of H-pyrrole nitrogens is 1. The van der Waals surface area contributed by atoms with E-state index in [1.165, 1.54) is 12.3 Å². The monoisotopic (exact) mass is 347 g/mol. The fourth-order valence-corrected chi connectivity index (χ4v) is 2.99. The number of amides is 1. The number of carbonyl (C=O) groups is 2. The molecule has 0 saturated carbocycles. The fourth-order valence-electron chi connectivity index (χ4n) is 2.99. The Hall–Kier alpha value is -3.74. The lowest BCUT2D eigenvalue weighted by Gasteiger charge is -2.17. The van der Waals surface area contributed by atoms with Crippen LogP contribution < -0.4 is 10.7 Å². The number of hydrogen-bond donors (Lipinski definition) is 3. The molecular weight excluding hydrogens is 334 g/mol. The molecule has 2 heterocycles. The number of aromatic nitrogens is 1. The minimum absolute atomic E-state index is 0.0519. The van der Waals surface area contributed by atoms with Crippen LogP contribution in [0.2, 0.25) is 0 Å². The normalized spacial score (nSPS) is 15.5. The molecule has 1 aliphatic carbocycles. The third-order valence-electron chi connectivity index (χ3n) is 4.33. The van der Waals surface area contributed by atoms with Gasteiger partial charge >= 0.3 is 5.97 Å². The first-order chi connectivity index (χ1) is 12.5. The van der Waals surface area contributed by atoms with E-state index in [2.05, 4.69) is 15.3 Å². The SMILES string of the molecule is O=C(O)C1=C(NC(=O)c2c[nH]c3ccccc3c2=O)C=C2N=CC=C2C1. The Morgan fingerprint density at radius 2 is 2.04 bits per heavy atom. The number of nitrogens with zero attached hydrogens (tertiary/aromatic N) is 1. The molecule has 0 atom stereocenters. The van der Waals surface area contributed by atoms with Gasteiger partial charge in [-0.2, -0.15) is 0 Å². The molecule has 2 aliphatic rings. The quantitative estimate of drug-likeness (QED) is 0.787. The van der Waals surface area contributed by atoms with E-state index in [4.69, 9.17) is 0 Å². The summed E-state index contributed by atoms with van der Waals surface area (Å²) >= 11 is 0. The maximum Gasteiger partial charge on any atom is 0.334 e. The number of benzene rings is 1. The van der Waals surface area contributed by atoms with Crippen molar-refractivity contribution in [1.82, 2.24) is 10.3 Å². The van der Waals surface area contributed by atoms with E-state index in [0.29, 0.717) is 16.6 Å². The number of hydrogen-bond acceptors (Lipinski definition) is 4. The van der Waals surface area contributed by atoms with Gasteiger partial charge in [0.05, 0.1) is 17.0 Å². The van der Waals surface area contributed by atoms with E-state index in [9.17, 15) is 19.5 Å². The second-order valence-corrected chi connectivity index (χ2v) is 5.90. The van der Waals surface area contributed by atoms with Crippen molar-refractivity contribution >= 4 is 29.0 Å². The van der Waals surface area contributed by atoms with Crippen LogP contribution in [0.3, 0.4) is 0 Å². The number of aliphatic imine (C=N–C) groups is 1. The van der Waals surface area contributed by atoms with Gasteiger partial charge in [-0.3, -0.25) is 14.6 Å². The van der Waals surface area contributed by atoms with E-state index < -0.39 is 17.3 Å². The van der Waals surface area contributed by atoms with E-state index in [1.807, 2.05) is 0 Å². The van der Waals surface area contributed by atoms with Gasteiger partial charge in [-0.1, -0.05) is 12.1 Å². The van der Waals surface area contributed by atoms with Crippen molar-refractivity contribution in [2.24, 2.45) is 4.99 Å². The molecule has 0 unspecified atom stereocenters. The van der Waals surface area contributed by atoms with Gasteiger partial charge in [-0.05, 0) is 29.9 Å². The predicted molar refractivity (Wildman–Crippen MR) is 96.0 cm³/mol. The van der Waals surface area contributed by atoms with Crippen LogP contribution in [0, 0.1) is 0 Å². The standard InChI is InChI=1S/C19H13N3O4/c23-17-11-3-1-2-4-14(11)21-9-13(17)18(24)22-16-8-15-10(5-6-20-15)7-12(16)19(25)26/h1-6,8-9H,7H2,(H,21,23)(H,22,24)(H,25,26). The first-order valence-electron chi connectivity index (χ1n) is 7.88.